The number of aryl methyl sites for hydroxylation is 2. The molecule has 100 valence electrons. The van der Waals surface area contributed by atoms with Crippen LogP contribution < -0.4 is 11.3 Å². The van der Waals surface area contributed by atoms with Crippen molar-refractivity contribution in [2.24, 2.45) is 5.84 Å². The molecule has 0 saturated carbocycles. The first-order valence-electron chi connectivity index (χ1n) is 6.17. The summed E-state index contributed by atoms with van der Waals surface area (Å²) in [6.07, 6.45) is 0.847. The maximum absolute atomic E-state index is 5.53. The first-order valence-corrected chi connectivity index (χ1v) is 6.96. The van der Waals surface area contributed by atoms with Gasteiger partial charge < -0.3 is 5.43 Å². The molecule has 0 amide bonds. The Morgan fingerprint density at radius 1 is 1.26 bits per heavy atom. The topological polar surface area (TPSA) is 63.8 Å². The van der Waals surface area contributed by atoms with E-state index in [1.54, 1.807) is 0 Å². The van der Waals surface area contributed by atoms with E-state index in [9.17, 15) is 0 Å². The second-order valence-electron chi connectivity index (χ2n) is 4.45. The summed E-state index contributed by atoms with van der Waals surface area (Å²) in [6, 6.07) is 6.12. The molecule has 1 aromatic heterocycles. The first-order chi connectivity index (χ1) is 9.06. The van der Waals surface area contributed by atoms with Gasteiger partial charge in [-0.1, -0.05) is 28.9 Å². The molecule has 0 radical (unpaired) electrons. The highest BCUT2D eigenvalue weighted by atomic mass is 79.9. The van der Waals surface area contributed by atoms with Gasteiger partial charge in [0.2, 0.25) is 0 Å². The van der Waals surface area contributed by atoms with Crippen molar-refractivity contribution in [1.29, 1.82) is 0 Å². The Bertz CT molecular complexity index is 585. The van der Waals surface area contributed by atoms with Gasteiger partial charge in [0, 0.05) is 21.3 Å². The smallest absolute Gasteiger partial charge is 0.162 e. The minimum Gasteiger partial charge on any atom is -0.308 e. The lowest BCUT2D eigenvalue weighted by Gasteiger charge is -2.12. The van der Waals surface area contributed by atoms with E-state index in [1.807, 2.05) is 19.1 Å². The molecule has 19 heavy (non-hydrogen) atoms. The highest BCUT2D eigenvalue weighted by Gasteiger charge is 2.12. The van der Waals surface area contributed by atoms with Gasteiger partial charge in [-0.15, -0.1) is 0 Å². The number of anilines is 1. The number of nitrogens with zero attached hydrogens (tertiary/aromatic N) is 2. The molecule has 5 heteroatoms. The predicted molar refractivity (Wildman–Crippen MR) is 81.8 cm³/mol. The van der Waals surface area contributed by atoms with Gasteiger partial charge >= 0.3 is 0 Å². The molecule has 0 aliphatic heterocycles. The van der Waals surface area contributed by atoms with Gasteiger partial charge in [-0.3, -0.25) is 0 Å². The minimum atomic E-state index is 0.675. The molecular weight excluding hydrogens is 304 g/mol. The molecule has 1 aromatic carbocycles. The lowest BCUT2D eigenvalue weighted by molar-refractivity contribution is 0.972. The fraction of sp³-hybridized carbons (Fsp3) is 0.286. The van der Waals surface area contributed by atoms with Crippen LogP contribution in [0.15, 0.2) is 22.7 Å². The van der Waals surface area contributed by atoms with Crippen LogP contribution in [0.4, 0.5) is 5.82 Å². The van der Waals surface area contributed by atoms with Gasteiger partial charge in [0.05, 0.1) is 0 Å². The van der Waals surface area contributed by atoms with Crippen LogP contribution in [0.25, 0.3) is 11.4 Å². The van der Waals surface area contributed by atoms with Crippen molar-refractivity contribution in [3.63, 3.8) is 0 Å². The number of nitrogens with one attached hydrogen (secondary N) is 1. The van der Waals surface area contributed by atoms with Crippen molar-refractivity contribution in [3.05, 3.63) is 39.5 Å². The number of benzene rings is 1. The predicted octanol–water partition coefficient (Wildman–Crippen LogP) is 3.37. The molecule has 0 aliphatic rings. The number of nitrogen functional groups attached to an aromatic ring is 1. The SMILES string of the molecule is CCc1nc(-c2ccc(C)cc2Br)nc(NN)c1C. The molecule has 0 unspecified atom stereocenters. The summed E-state index contributed by atoms with van der Waals surface area (Å²) in [5.74, 6) is 6.89. The third-order valence-corrected chi connectivity index (χ3v) is 3.74. The normalized spacial score (nSPS) is 10.6. The van der Waals surface area contributed by atoms with E-state index in [1.165, 1.54) is 5.56 Å². The zero-order valence-electron chi connectivity index (χ0n) is 11.3. The molecule has 2 aromatic rings. The van der Waals surface area contributed by atoms with Crippen LogP contribution in [0, 0.1) is 13.8 Å². The average Bonchev–Trinajstić information content (AvgIpc) is 2.39. The number of halogens is 1. The van der Waals surface area contributed by atoms with Crippen molar-refractivity contribution in [1.82, 2.24) is 9.97 Å². The van der Waals surface area contributed by atoms with Gasteiger partial charge in [-0.05, 0) is 38.0 Å². The second-order valence-corrected chi connectivity index (χ2v) is 5.30. The highest BCUT2D eigenvalue weighted by Crippen LogP contribution is 2.28. The van der Waals surface area contributed by atoms with Gasteiger partial charge in [0.25, 0.3) is 0 Å². The standard InChI is InChI=1S/C14H17BrN4/c1-4-12-9(3)13(19-16)18-14(17-12)10-6-5-8(2)7-11(10)15/h5-7H,4,16H2,1-3H3,(H,17,18,19). The number of rotatable bonds is 3. The average molecular weight is 321 g/mol. The van der Waals surface area contributed by atoms with Crippen molar-refractivity contribution < 1.29 is 0 Å². The molecule has 0 atom stereocenters. The van der Waals surface area contributed by atoms with E-state index in [4.69, 9.17) is 5.84 Å². The molecule has 4 nitrogen and oxygen atoms in total. The van der Waals surface area contributed by atoms with Crippen LogP contribution in [0.2, 0.25) is 0 Å². The summed E-state index contributed by atoms with van der Waals surface area (Å²) in [5, 5.41) is 0. The van der Waals surface area contributed by atoms with Crippen LogP contribution in [0.1, 0.15) is 23.7 Å². The molecule has 3 N–H and O–H groups in total. The quantitative estimate of drug-likeness (QED) is 0.672. The van der Waals surface area contributed by atoms with Gasteiger partial charge in [-0.2, -0.15) is 0 Å². The molecule has 0 saturated heterocycles. The minimum absolute atomic E-state index is 0.675. The zero-order valence-corrected chi connectivity index (χ0v) is 12.9. The Labute approximate surface area is 121 Å². The van der Waals surface area contributed by atoms with Gasteiger partial charge in [0.1, 0.15) is 5.82 Å². The number of hydrogen-bond donors (Lipinski definition) is 2. The Morgan fingerprint density at radius 3 is 2.58 bits per heavy atom. The number of hydrazine groups is 1. The van der Waals surface area contributed by atoms with Crippen molar-refractivity contribution in [3.8, 4) is 11.4 Å². The van der Waals surface area contributed by atoms with Gasteiger partial charge in [0.15, 0.2) is 5.82 Å². The molecule has 0 bridgehead atoms. The third-order valence-electron chi connectivity index (χ3n) is 3.08. The van der Waals surface area contributed by atoms with E-state index in [-0.39, 0.29) is 0 Å². The summed E-state index contributed by atoms with van der Waals surface area (Å²) in [4.78, 5) is 9.11. The molecule has 2 rings (SSSR count). The first kappa shape index (κ1) is 14.0. The van der Waals surface area contributed by atoms with Crippen LogP contribution in [-0.4, -0.2) is 9.97 Å². The third kappa shape index (κ3) is 2.77. The summed E-state index contributed by atoms with van der Waals surface area (Å²) in [7, 11) is 0. The van der Waals surface area contributed by atoms with Crippen molar-refractivity contribution >= 4 is 21.7 Å². The van der Waals surface area contributed by atoms with Crippen molar-refractivity contribution in [2.45, 2.75) is 27.2 Å². The van der Waals surface area contributed by atoms with Crippen LogP contribution in [-0.2, 0) is 6.42 Å². The second kappa shape index (κ2) is 5.67. The van der Waals surface area contributed by atoms with E-state index >= 15 is 0 Å². The van der Waals surface area contributed by atoms with Crippen LogP contribution in [0.3, 0.4) is 0 Å². The molecule has 0 aliphatic carbocycles. The lowest BCUT2D eigenvalue weighted by atomic mass is 10.1. The van der Waals surface area contributed by atoms with Crippen molar-refractivity contribution in [2.75, 3.05) is 5.43 Å². The molecular formula is C14H17BrN4. The maximum Gasteiger partial charge on any atom is 0.162 e. The Hall–Kier alpha value is -1.46. The molecule has 0 spiro atoms. The maximum atomic E-state index is 5.53. The Balaban J connectivity index is 2.62. The summed E-state index contributed by atoms with van der Waals surface area (Å²) in [6.45, 7) is 6.10. The van der Waals surface area contributed by atoms with Crippen LogP contribution in [0.5, 0.6) is 0 Å². The highest BCUT2D eigenvalue weighted by molar-refractivity contribution is 9.10. The van der Waals surface area contributed by atoms with E-state index in [2.05, 4.69) is 51.2 Å². The van der Waals surface area contributed by atoms with E-state index in [0.717, 1.165) is 27.7 Å². The summed E-state index contributed by atoms with van der Waals surface area (Å²) >= 11 is 3.56. The lowest BCUT2D eigenvalue weighted by Crippen LogP contribution is -2.13. The fourth-order valence-electron chi connectivity index (χ4n) is 1.97. The Morgan fingerprint density at radius 2 is 2.00 bits per heavy atom. The monoisotopic (exact) mass is 320 g/mol. The largest absolute Gasteiger partial charge is 0.308 e. The fourth-order valence-corrected chi connectivity index (χ4v) is 2.64. The molecule has 1 heterocycles. The number of aromatic nitrogens is 2. The zero-order chi connectivity index (χ0) is 14.0. The van der Waals surface area contributed by atoms with E-state index in [0.29, 0.717) is 11.6 Å². The summed E-state index contributed by atoms with van der Waals surface area (Å²) < 4.78 is 0.987. The van der Waals surface area contributed by atoms with Gasteiger partial charge in [-0.25, -0.2) is 15.8 Å². The Kier molecular flexibility index (Phi) is 4.17. The van der Waals surface area contributed by atoms with Crippen LogP contribution >= 0.6 is 15.9 Å². The number of hydrogen-bond acceptors (Lipinski definition) is 4. The molecule has 0 fully saturated rings. The number of nitrogens with two attached hydrogens (primary N) is 1. The van der Waals surface area contributed by atoms with E-state index < -0.39 is 0 Å². The summed E-state index contributed by atoms with van der Waals surface area (Å²) in [5.41, 5.74) is 6.81.